The molecule has 0 saturated carbocycles. The van der Waals surface area contributed by atoms with Crippen molar-refractivity contribution in [3.63, 3.8) is 0 Å². The van der Waals surface area contributed by atoms with Gasteiger partial charge in [-0.2, -0.15) is 0 Å². The van der Waals surface area contributed by atoms with E-state index in [1.54, 1.807) is 18.2 Å². The Labute approximate surface area is 147 Å². The van der Waals surface area contributed by atoms with Gasteiger partial charge < -0.3 is 21.4 Å². The summed E-state index contributed by atoms with van der Waals surface area (Å²) in [7, 11) is 0. The van der Waals surface area contributed by atoms with Crippen LogP contribution in [0, 0.1) is 11.2 Å². The lowest BCUT2D eigenvalue weighted by Crippen LogP contribution is -2.21. The standard InChI is InChI=1S/C18H25FN6/c1-5-10-21-13(4)22-17-16(11-20)24-18(25(17)12(2)3)23-15-9-7-6-8-14(15)19/h6-9,11-12,20-22H,4-5,10H2,1-3H3,(H,23,24). The summed E-state index contributed by atoms with van der Waals surface area (Å²) < 4.78 is 15.8. The van der Waals surface area contributed by atoms with Crippen molar-refractivity contribution in [2.75, 3.05) is 17.2 Å². The van der Waals surface area contributed by atoms with Crippen molar-refractivity contribution in [2.45, 2.75) is 33.2 Å². The summed E-state index contributed by atoms with van der Waals surface area (Å²) in [5.74, 6) is 1.37. The molecule has 1 aromatic heterocycles. The first-order valence-corrected chi connectivity index (χ1v) is 8.32. The monoisotopic (exact) mass is 344 g/mol. The fourth-order valence-electron chi connectivity index (χ4n) is 2.41. The van der Waals surface area contributed by atoms with E-state index in [2.05, 4.69) is 34.4 Å². The van der Waals surface area contributed by atoms with Crippen molar-refractivity contribution in [3.8, 4) is 0 Å². The molecule has 0 aliphatic heterocycles. The normalized spacial score (nSPS) is 10.6. The Hall–Kier alpha value is -2.83. The molecule has 0 atom stereocenters. The van der Waals surface area contributed by atoms with Gasteiger partial charge in [-0.1, -0.05) is 25.6 Å². The quantitative estimate of drug-likeness (QED) is 0.514. The maximum atomic E-state index is 14.0. The first-order valence-electron chi connectivity index (χ1n) is 8.32. The minimum Gasteiger partial charge on any atom is -0.372 e. The van der Waals surface area contributed by atoms with Crippen LogP contribution in [0.4, 0.5) is 21.8 Å². The second-order valence-electron chi connectivity index (χ2n) is 5.91. The molecule has 0 bridgehead atoms. The van der Waals surface area contributed by atoms with Gasteiger partial charge in [0.1, 0.15) is 17.3 Å². The van der Waals surface area contributed by atoms with Gasteiger partial charge in [0.2, 0.25) is 5.95 Å². The molecule has 2 rings (SSSR count). The number of hydrogen-bond donors (Lipinski definition) is 4. The molecular weight excluding hydrogens is 319 g/mol. The number of nitrogens with zero attached hydrogens (tertiary/aromatic N) is 2. The maximum absolute atomic E-state index is 14.0. The van der Waals surface area contributed by atoms with Crippen molar-refractivity contribution < 1.29 is 4.39 Å². The van der Waals surface area contributed by atoms with Crippen molar-refractivity contribution in [1.29, 1.82) is 5.41 Å². The minimum atomic E-state index is -0.360. The van der Waals surface area contributed by atoms with E-state index in [-0.39, 0.29) is 11.9 Å². The van der Waals surface area contributed by atoms with Crippen LogP contribution in [-0.2, 0) is 0 Å². The number of rotatable bonds is 9. The Morgan fingerprint density at radius 1 is 1.40 bits per heavy atom. The second-order valence-corrected chi connectivity index (χ2v) is 5.91. The van der Waals surface area contributed by atoms with Crippen LogP contribution < -0.4 is 16.0 Å². The molecule has 0 saturated heterocycles. The fourth-order valence-corrected chi connectivity index (χ4v) is 2.41. The maximum Gasteiger partial charge on any atom is 0.209 e. The van der Waals surface area contributed by atoms with Gasteiger partial charge in [0.25, 0.3) is 0 Å². The molecule has 0 radical (unpaired) electrons. The van der Waals surface area contributed by atoms with Gasteiger partial charge in [-0.3, -0.25) is 4.57 Å². The molecule has 4 N–H and O–H groups in total. The molecule has 0 aliphatic rings. The summed E-state index contributed by atoms with van der Waals surface area (Å²) in [6.45, 7) is 10.8. The third-order valence-corrected chi connectivity index (χ3v) is 3.57. The molecule has 6 nitrogen and oxygen atoms in total. The van der Waals surface area contributed by atoms with Crippen LogP contribution in [-0.4, -0.2) is 22.3 Å². The van der Waals surface area contributed by atoms with Gasteiger partial charge in [0.05, 0.1) is 11.5 Å². The van der Waals surface area contributed by atoms with E-state index in [4.69, 9.17) is 5.41 Å². The predicted molar refractivity (Wildman–Crippen MR) is 101 cm³/mol. The highest BCUT2D eigenvalue weighted by molar-refractivity contribution is 5.84. The van der Waals surface area contributed by atoms with Crippen LogP contribution in [0.3, 0.4) is 0 Å². The van der Waals surface area contributed by atoms with Gasteiger partial charge in [-0.05, 0) is 32.4 Å². The first-order chi connectivity index (χ1) is 12.0. The average molecular weight is 344 g/mol. The summed E-state index contributed by atoms with van der Waals surface area (Å²) in [5.41, 5.74) is 0.785. The number of imidazole rings is 1. The van der Waals surface area contributed by atoms with Gasteiger partial charge in [-0.15, -0.1) is 0 Å². The zero-order chi connectivity index (χ0) is 18.4. The third kappa shape index (κ3) is 4.37. The number of aromatic nitrogens is 2. The first kappa shape index (κ1) is 18.5. The van der Waals surface area contributed by atoms with Crippen molar-refractivity contribution in [1.82, 2.24) is 14.9 Å². The Kier molecular flexibility index (Phi) is 6.16. The summed E-state index contributed by atoms with van der Waals surface area (Å²) in [5, 5.41) is 17.0. The molecule has 25 heavy (non-hydrogen) atoms. The summed E-state index contributed by atoms with van der Waals surface area (Å²) in [4.78, 5) is 4.43. The van der Waals surface area contributed by atoms with E-state index in [1.807, 2.05) is 18.4 Å². The number of halogens is 1. The van der Waals surface area contributed by atoms with Gasteiger partial charge in [0, 0.05) is 18.8 Å². The lowest BCUT2D eigenvalue weighted by molar-refractivity contribution is 0.608. The molecule has 0 aliphatic carbocycles. The molecule has 1 aromatic carbocycles. The van der Waals surface area contributed by atoms with Crippen LogP contribution in [0.2, 0.25) is 0 Å². The molecule has 7 heteroatoms. The van der Waals surface area contributed by atoms with E-state index in [1.165, 1.54) is 12.3 Å². The van der Waals surface area contributed by atoms with Gasteiger partial charge in [-0.25, -0.2) is 9.37 Å². The SMILES string of the molecule is C=C(NCCC)Nc1c(C=N)nc(Nc2ccccc2F)n1C(C)C. The van der Waals surface area contributed by atoms with Crippen LogP contribution in [0.5, 0.6) is 0 Å². The Morgan fingerprint density at radius 2 is 2.12 bits per heavy atom. The highest BCUT2D eigenvalue weighted by Crippen LogP contribution is 2.29. The molecule has 1 heterocycles. The van der Waals surface area contributed by atoms with E-state index in [9.17, 15) is 4.39 Å². The Bertz CT molecular complexity index is 750. The Morgan fingerprint density at radius 3 is 2.72 bits per heavy atom. The number of benzene rings is 1. The summed E-state index contributed by atoms with van der Waals surface area (Å²) >= 11 is 0. The van der Waals surface area contributed by atoms with Crippen LogP contribution in [0.15, 0.2) is 36.7 Å². The van der Waals surface area contributed by atoms with Crippen molar-refractivity contribution >= 4 is 23.7 Å². The third-order valence-electron chi connectivity index (χ3n) is 3.57. The highest BCUT2D eigenvalue weighted by atomic mass is 19.1. The molecule has 134 valence electrons. The topological polar surface area (TPSA) is 77.8 Å². The van der Waals surface area contributed by atoms with E-state index >= 15 is 0 Å². The zero-order valence-electron chi connectivity index (χ0n) is 14.9. The number of anilines is 3. The van der Waals surface area contributed by atoms with E-state index < -0.39 is 0 Å². The average Bonchev–Trinajstić information content (AvgIpc) is 2.92. The minimum absolute atomic E-state index is 0.0388. The van der Waals surface area contributed by atoms with Crippen molar-refractivity contribution in [3.05, 3.63) is 48.2 Å². The van der Waals surface area contributed by atoms with Crippen molar-refractivity contribution in [2.24, 2.45) is 0 Å². The smallest absolute Gasteiger partial charge is 0.209 e. The lowest BCUT2D eigenvalue weighted by Gasteiger charge is -2.19. The van der Waals surface area contributed by atoms with Crippen LogP contribution >= 0.6 is 0 Å². The van der Waals surface area contributed by atoms with Crippen LogP contribution in [0.25, 0.3) is 0 Å². The largest absolute Gasteiger partial charge is 0.372 e. The second kappa shape index (κ2) is 8.32. The fraction of sp³-hybridized carbons (Fsp3) is 0.333. The Balaban J connectivity index is 2.39. The van der Waals surface area contributed by atoms with Gasteiger partial charge in [0.15, 0.2) is 0 Å². The predicted octanol–water partition coefficient (Wildman–Crippen LogP) is 4.23. The molecule has 0 unspecified atom stereocenters. The molecule has 2 aromatic rings. The summed E-state index contributed by atoms with van der Waals surface area (Å²) in [6, 6.07) is 6.46. The highest BCUT2D eigenvalue weighted by Gasteiger charge is 2.19. The molecule has 0 amide bonds. The zero-order valence-corrected chi connectivity index (χ0v) is 14.9. The van der Waals surface area contributed by atoms with Gasteiger partial charge >= 0.3 is 0 Å². The molecule has 0 spiro atoms. The molecular formula is C18H25FN6. The molecule has 0 fully saturated rings. The van der Waals surface area contributed by atoms with E-state index in [0.717, 1.165) is 13.0 Å². The summed E-state index contributed by atoms with van der Waals surface area (Å²) in [6.07, 6.45) is 2.14. The number of para-hydroxylation sites is 1. The number of nitrogens with one attached hydrogen (secondary N) is 4. The number of hydrogen-bond acceptors (Lipinski definition) is 5. The van der Waals surface area contributed by atoms with E-state index in [0.29, 0.717) is 29.0 Å². The van der Waals surface area contributed by atoms with Crippen LogP contribution in [0.1, 0.15) is 38.9 Å². The lowest BCUT2D eigenvalue weighted by atomic mass is 10.3.